The predicted octanol–water partition coefficient (Wildman–Crippen LogP) is 4.71. The second kappa shape index (κ2) is 7.15. The lowest BCUT2D eigenvalue weighted by Gasteiger charge is -2.44. The van der Waals surface area contributed by atoms with E-state index >= 15 is 0 Å². The van der Waals surface area contributed by atoms with Crippen molar-refractivity contribution in [1.29, 1.82) is 0 Å². The first kappa shape index (κ1) is 16.1. The zero-order valence-corrected chi connectivity index (χ0v) is 14.8. The topological polar surface area (TPSA) is 15.3 Å². The van der Waals surface area contributed by atoms with E-state index in [4.69, 9.17) is 11.6 Å². The molecule has 1 aromatic rings. The van der Waals surface area contributed by atoms with E-state index in [1.54, 1.807) is 0 Å². The summed E-state index contributed by atoms with van der Waals surface area (Å²) in [7, 11) is 0. The molecule has 0 amide bonds. The molecular weight excluding hydrogens is 336 g/mol. The molecule has 2 nitrogen and oxygen atoms in total. The van der Waals surface area contributed by atoms with E-state index in [1.807, 2.05) is 12.1 Å². The van der Waals surface area contributed by atoms with Crippen LogP contribution >= 0.6 is 27.5 Å². The van der Waals surface area contributed by atoms with Crippen molar-refractivity contribution in [3.63, 3.8) is 0 Å². The molecule has 1 N–H and O–H groups in total. The Bertz CT molecular complexity index is 450. The average Bonchev–Trinajstić information content (AvgIpc) is 2.42. The van der Waals surface area contributed by atoms with Gasteiger partial charge in [-0.3, -0.25) is 0 Å². The van der Waals surface area contributed by atoms with E-state index in [1.165, 1.54) is 18.5 Å². The first-order valence-electron chi connectivity index (χ1n) is 7.48. The number of rotatable bonds is 4. The highest BCUT2D eigenvalue weighted by atomic mass is 79.9. The quantitative estimate of drug-likeness (QED) is 0.838. The molecule has 0 aromatic heterocycles. The number of anilines is 1. The van der Waals surface area contributed by atoms with Crippen LogP contribution in [0.1, 0.15) is 33.6 Å². The molecule has 4 heteroatoms. The maximum absolute atomic E-state index is 6.27. The summed E-state index contributed by atoms with van der Waals surface area (Å²) in [6, 6.07) is 7.22. The number of hydrogen-bond acceptors (Lipinski definition) is 2. The molecule has 0 spiro atoms. The second-order valence-corrected chi connectivity index (χ2v) is 7.13. The van der Waals surface area contributed by atoms with Gasteiger partial charge < -0.3 is 10.2 Å². The SMILES string of the molecule is CCCC1CN(c2cccc(Cl)c2Br)C(C(C)C)CN1. The molecule has 1 aliphatic heterocycles. The smallest absolute Gasteiger partial charge is 0.0595 e. The molecule has 112 valence electrons. The lowest BCUT2D eigenvalue weighted by atomic mass is 9.96. The second-order valence-electron chi connectivity index (χ2n) is 5.93. The van der Waals surface area contributed by atoms with Crippen LogP contribution in [0.25, 0.3) is 0 Å². The average molecular weight is 360 g/mol. The maximum atomic E-state index is 6.27. The molecule has 0 saturated carbocycles. The van der Waals surface area contributed by atoms with Crippen LogP contribution in [0.5, 0.6) is 0 Å². The van der Waals surface area contributed by atoms with Crippen molar-refractivity contribution in [3.8, 4) is 0 Å². The number of halogens is 2. The van der Waals surface area contributed by atoms with Crippen LogP contribution in [0, 0.1) is 5.92 Å². The van der Waals surface area contributed by atoms with Crippen molar-refractivity contribution < 1.29 is 0 Å². The van der Waals surface area contributed by atoms with Gasteiger partial charge in [-0.15, -0.1) is 0 Å². The van der Waals surface area contributed by atoms with Crippen LogP contribution in [-0.4, -0.2) is 25.2 Å². The van der Waals surface area contributed by atoms with Crippen LogP contribution in [0.2, 0.25) is 5.02 Å². The number of piperazine rings is 1. The third-order valence-electron chi connectivity index (χ3n) is 4.08. The minimum absolute atomic E-state index is 0.512. The highest BCUT2D eigenvalue weighted by molar-refractivity contribution is 9.10. The fourth-order valence-electron chi connectivity index (χ4n) is 2.96. The van der Waals surface area contributed by atoms with Crippen LogP contribution in [0.15, 0.2) is 22.7 Å². The molecule has 20 heavy (non-hydrogen) atoms. The van der Waals surface area contributed by atoms with Crippen molar-refractivity contribution in [1.82, 2.24) is 5.32 Å². The molecule has 2 atom stereocenters. The van der Waals surface area contributed by atoms with Crippen LogP contribution < -0.4 is 10.2 Å². The van der Waals surface area contributed by atoms with E-state index in [0.717, 1.165) is 22.6 Å². The van der Waals surface area contributed by atoms with E-state index in [-0.39, 0.29) is 0 Å². The third kappa shape index (κ3) is 3.49. The summed E-state index contributed by atoms with van der Waals surface area (Å²) in [5.74, 6) is 0.607. The highest BCUT2D eigenvalue weighted by Crippen LogP contribution is 2.35. The van der Waals surface area contributed by atoms with Crippen LogP contribution in [0.4, 0.5) is 5.69 Å². The van der Waals surface area contributed by atoms with Gasteiger partial charge in [-0.1, -0.05) is 44.9 Å². The summed E-state index contributed by atoms with van der Waals surface area (Å²) in [4.78, 5) is 2.53. The molecule has 1 aliphatic rings. The fourth-order valence-corrected chi connectivity index (χ4v) is 3.63. The van der Waals surface area contributed by atoms with Crippen molar-refractivity contribution >= 4 is 33.2 Å². The Balaban J connectivity index is 2.29. The minimum atomic E-state index is 0.512. The van der Waals surface area contributed by atoms with E-state index in [9.17, 15) is 0 Å². The Morgan fingerprint density at radius 1 is 1.45 bits per heavy atom. The molecular formula is C16H24BrClN2. The van der Waals surface area contributed by atoms with Gasteiger partial charge in [0, 0.05) is 25.2 Å². The van der Waals surface area contributed by atoms with Crippen molar-refractivity contribution in [2.24, 2.45) is 5.92 Å². The molecule has 1 saturated heterocycles. The molecule has 2 unspecified atom stereocenters. The monoisotopic (exact) mass is 358 g/mol. The van der Waals surface area contributed by atoms with Gasteiger partial charge in [-0.25, -0.2) is 0 Å². The summed E-state index contributed by atoms with van der Waals surface area (Å²) < 4.78 is 1.02. The first-order valence-corrected chi connectivity index (χ1v) is 8.65. The summed E-state index contributed by atoms with van der Waals surface area (Å²) in [5, 5.41) is 4.48. The van der Waals surface area contributed by atoms with Gasteiger partial charge in [0.2, 0.25) is 0 Å². The van der Waals surface area contributed by atoms with Gasteiger partial charge in [0.25, 0.3) is 0 Å². The standard InChI is InChI=1S/C16H24BrClN2/c1-4-6-12-10-20(15(9-19-12)11(2)3)14-8-5-7-13(18)16(14)17/h5,7-8,11-12,15,19H,4,6,9-10H2,1-3H3. The molecule has 0 aliphatic carbocycles. The van der Waals surface area contributed by atoms with Crippen molar-refractivity contribution in [2.75, 3.05) is 18.0 Å². The molecule has 1 heterocycles. The molecule has 2 rings (SSSR count). The maximum Gasteiger partial charge on any atom is 0.0595 e. The third-order valence-corrected chi connectivity index (χ3v) is 5.46. The molecule has 1 aromatic carbocycles. The number of nitrogens with zero attached hydrogens (tertiary/aromatic N) is 1. The van der Waals surface area contributed by atoms with Gasteiger partial charge in [0.05, 0.1) is 15.2 Å². The van der Waals surface area contributed by atoms with Crippen LogP contribution in [0.3, 0.4) is 0 Å². The van der Waals surface area contributed by atoms with Gasteiger partial charge in [0.1, 0.15) is 0 Å². The van der Waals surface area contributed by atoms with Crippen LogP contribution in [-0.2, 0) is 0 Å². The van der Waals surface area contributed by atoms with E-state index in [2.05, 4.69) is 53.0 Å². The van der Waals surface area contributed by atoms with Gasteiger partial charge in [-0.2, -0.15) is 0 Å². The lowest BCUT2D eigenvalue weighted by Crippen LogP contribution is -2.58. The van der Waals surface area contributed by atoms with Gasteiger partial charge in [0.15, 0.2) is 0 Å². The summed E-state index contributed by atoms with van der Waals surface area (Å²) in [5.41, 5.74) is 1.22. The Kier molecular flexibility index (Phi) is 5.76. The Morgan fingerprint density at radius 2 is 2.20 bits per heavy atom. The molecule has 0 bridgehead atoms. The van der Waals surface area contributed by atoms with Gasteiger partial charge >= 0.3 is 0 Å². The number of benzene rings is 1. The molecule has 1 fully saturated rings. The zero-order valence-electron chi connectivity index (χ0n) is 12.5. The Labute approximate surface area is 136 Å². The van der Waals surface area contributed by atoms with Gasteiger partial charge in [-0.05, 0) is 40.4 Å². The first-order chi connectivity index (χ1) is 9.54. The summed E-state index contributed by atoms with van der Waals surface area (Å²) in [6.45, 7) is 8.92. The van der Waals surface area contributed by atoms with Crippen molar-refractivity contribution in [3.05, 3.63) is 27.7 Å². The van der Waals surface area contributed by atoms with Crippen molar-refractivity contribution in [2.45, 2.75) is 45.7 Å². The normalized spacial score (nSPS) is 23.4. The zero-order chi connectivity index (χ0) is 14.7. The summed E-state index contributed by atoms with van der Waals surface area (Å²) >= 11 is 9.93. The number of hydrogen-bond donors (Lipinski definition) is 1. The number of nitrogens with one attached hydrogen (secondary N) is 1. The van der Waals surface area contributed by atoms with E-state index in [0.29, 0.717) is 18.0 Å². The molecule has 0 radical (unpaired) electrons. The highest BCUT2D eigenvalue weighted by Gasteiger charge is 2.30. The Hall–Kier alpha value is -0.250. The fraction of sp³-hybridized carbons (Fsp3) is 0.625. The largest absolute Gasteiger partial charge is 0.364 e. The predicted molar refractivity (Wildman–Crippen MR) is 91.8 cm³/mol. The lowest BCUT2D eigenvalue weighted by molar-refractivity contribution is 0.327. The Morgan fingerprint density at radius 3 is 2.85 bits per heavy atom. The summed E-state index contributed by atoms with van der Waals surface area (Å²) in [6.07, 6.45) is 2.44. The van der Waals surface area contributed by atoms with E-state index < -0.39 is 0 Å². The minimum Gasteiger partial charge on any atom is -0.364 e.